The molecule has 0 radical (unpaired) electrons. The highest BCUT2D eigenvalue weighted by Gasteiger charge is 2.07. The zero-order chi connectivity index (χ0) is 15.6. The van der Waals surface area contributed by atoms with Gasteiger partial charge in [0.15, 0.2) is 0 Å². The molecule has 1 heterocycles. The molecule has 0 amide bonds. The van der Waals surface area contributed by atoms with Gasteiger partial charge < -0.3 is 0 Å². The van der Waals surface area contributed by atoms with E-state index in [2.05, 4.69) is 20.5 Å². The van der Waals surface area contributed by atoms with Gasteiger partial charge in [0.05, 0.1) is 21.3 Å². The average molecular weight is 346 g/mol. The Morgan fingerprint density at radius 1 is 1.24 bits per heavy atom. The molecule has 0 unspecified atom stereocenters. The molecular formula is C13H11Cl3N4O. The van der Waals surface area contributed by atoms with Gasteiger partial charge in [0.2, 0.25) is 5.95 Å². The Labute approximate surface area is 136 Å². The molecule has 8 heteroatoms. The van der Waals surface area contributed by atoms with Crippen molar-refractivity contribution in [2.45, 2.75) is 13.8 Å². The van der Waals surface area contributed by atoms with E-state index in [-0.39, 0.29) is 11.5 Å². The van der Waals surface area contributed by atoms with Gasteiger partial charge in [-0.05, 0) is 26.0 Å². The maximum absolute atomic E-state index is 11.6. The van der Waals surface area contributed by atoms with E-state index in [4.69, 9.17) is 34.8 Å². The fourth-order valence-corrected chi connectivity index (χ4v) is 2.15. The van der Waals surface area contributed by atoms with Crippen molar-refractivity contribution in [3.63, 3.8) is 0 Å². The summed E-state index contributed by atoms with van der Waals surface area (Å²) in [4.78, 5) is 18.3. The molecular weight excluding hydrogens is 335 g/mol. The number of anilines is 1. The third-order valence-corrected chi connectivity index (χ3v) is 3.99. The molecule has 0 fully saturated rings. The number of aromatic amines is 1. The van der Waals surface area contributed by atoms with Gasteiger partial charge in [-0.25, -0.2) is 10.4 Å². The minimum absolute atomic E-state index is 0.223. The first kappa shape index (κ1) is 15.8. The highest BCUT2D eigenvalue weighted by atomic mass is 35.5. The van der Waals surface area contributed by atoms with E-state index in [0.717, 1.165) is 0 Å². The summed E-state index contributed by atoms with van der Waals surface area (Å²) in [6, 6.07) is 3.21. The summed E-state index contributed by atoms with van der Waals surface area (Å²) in [6.45, 7) is 3.43. The number of nitrogens with one attached hydrogen (secondary N) is 2. The lowest BCUT2D eigenvalue weighted by Crippen LogP contribution is -2.15. The van der Waals surface area contributed by atoms with Crippen LogP contribution in [0.5, 0.6) is 0 Å². The second-order valence-corrected chi connectivity index (χ2v) is 5.44. The van der Waals surface area contributed by atoms with E-state index in [0.29, 0.717) is 31.9 Å². The predicted octanol–water partition coefficient (Wildman–Crippen LogP) is 3.79. The third-order valence-electron chi connectivity index (χ3n) is 2.84. The van der Waals surface area contributed by atoms with Gasteiger partial charge in [0.25, 0.3) is 5.56 Å². The average Bonchev–Trinajstić information content (AvgIpc) is 2.44. The first-order chi connectivity index (χ1) is 9.90. The topological polar surface area (TPSA) is 70.1 Å². The molecule has 21 heavy (non-hydrogen) atoms. The molecule has 0 saturated carbocycles. The maximum atomic E-state index is 11.6. The fraction of sp³-hybridized carbons (Fsp3) is 0.154. The Balaban J connectivity index is 2.25. The van der Waals surface area contributed by atoms with Crippen molar-refractivity contribution in [3.8, 4) is 0 Å². The Kier molecular flexibility index (Phi) is 4.88. The van der Waals surface area contributed by atoms with E-state index < -0.39 is 0 Å². The second kappa shape index (κ2) is 6.47. The molecule has 1 aromatic carbocycles. The zero-order valence-electron chi connectivity index (χ0n) is 11.2. The first-order valence-corrected chi connectivity index (χ1v) is 7.03. The summed E-state index contributed by atoms with van der Waals surface area (Å²) in [5.41, 5.74) is 4.05. The largest absolute Gasteiger partial charge is 0.291 e. The maximum Gasteiger partial charge on any atom is 0.255 e. The number of H-pyrrole nitrogens is 1. The molecule has 0 aliphatic carbocycles. The highest BCUT2D eigenvalue weighted by molar-refractivity contribution is 6.45. The molecule has 0 atom stereocenters. The van der Waals surface area contributed by atoms with Crippen LogP contribution in [0.15, 0.2) is 22.0 Å². The van der Waals surface area contributed by atoms with E-state index in [1.54, 1.807) is 26.0 Å². The summed E-state index contributed by atoms with van der Waals surface area (Å²) in [6.07, 6.45) is 1.41. The number of hydrogen-bond acceptors (Lipinski definition) is 4. The summed E-state index contributed by atoms with van der Waals surface area (Å²) in [5, 5.41) is 5.04. The minimum Gasteiger partial charge on any atom is -0.291 e. The standard InChI is InChI=1S/C13H11Cl3N4O/c1-6-7(2)18-13(19-12(6)21)20-17-5-8-9(14)3-4-10(15)11(8)16/h3-5H,1-2H3,(H2,18,19,20,21). The molecule has 0 spiro atoms. The van der Waals surface area contributed by atoms with Crippen LogP contribution in [0.25, 0.3) is 0 Å². The van der Waals surface area contributed by atoms with Crippen LogP contribution < -0.4 is 11.0 Å². The lowest BCUT2D eigenvalue weighted by atomic mass is 10.2. The number of benzene rings is 1. The van der Waals surface area contributed by atoms with Crippen molar-refractivity contribution in [2.75, 3.05) is 5.43 Å². The van der Waals surface area contributed by atoms with Crippen molar-refractivity contribution < 1.29 is 0 Å². The number of hydrogen-bond donors (Lipinski definition) is 2. The lowest BCUT2D eigenvalue weighted by molar-refractivity contribution is 1.01. The Morgan fingerprint density at radius 3 is 2.57 bits per heavy atom. The van der Waals surface area contributed by atoms with Crippen LogP contribution in [0.3, 0.4) is 0 Å². The van der Waals surface area contributed by atoms with Gasteiger partial charge in [0, 0.05) is 16.8 Å². The summed E-state index contributed by atoms with van der Waals surface area (Å²) in [5.74, 6) is 0.230. The van der Waals surface area contributed by atoms with Crippen molar-refractivity contribution in [1.29, 1.82) is 0 Å². The van der Waals surface area contributed by atoms with E-state index in [1.807, 2.05) is 0 Å². The van der Waals surface area contributed by atoms with Gasteiger partial charge in [-0.1, -0.05) is 34.8 Å². The molecule has 0 saturated heterocycles. The SMILES string of the molecule is Cc1nc(NN=Cc2c(Cl)ccc(Cl)c2Cl)[nH]c(=O)c1C. The molecule has 1 aromatic heterocycles. The number of aromatic nitrogens is 2. The van der Waals surface area contributed by atoms with E-state index in [9.17, 15) is 4.79 Å². The number of rotatable bonds is 3. The fourth-order valence-electron chi connectivity index (χ4n) is 1.52. The zero-order valence-corrected chi connectivity index (χ0v) is 13.4. The van der Waals surface area contributed by atoms with Crippen molar-refractivity contribution in [1.82, 2.24) is 9.97 Å². The number of halogens is 3. The molecule has 2 aromatic rings. The van der Waals surface area contributed by atoms with Crippen molar-refractivity contribution in [3.05, 3.63) is 54.4 Å². The van der Waals surface area contributed by atoms with Crippen LogP contribution in [-0.2, 0) is 0 Å². The lowest BCUT2D eigenvalue weighted by Gasteiger charge is -2.04. The number of nitrogens with zero attached hydrogens (tertiary/aromatic N) is 2. The van der Waals surface area contributed by atoms with Gasteiger partial charge in [0.1, 0.15) is 0 Å². The minimum atomic E-state index is -0.223. The van der Waals surface area contributed by atoms with Crippen molar-refractivity contribution >= 4 is 47.0 Å². The summed E-state index contributed by atoms with van der Waals surface area (Å²) in [7, 11) is 0. The molecule has 2 rings (SSSR count). The Morgan fingerprint density at radius 2 is 1.90 bits per heavy atom. The van der Waals surface area contributed by atoms with Gasteiger partial charge in [-0.2, -0.15) is 5.10 Å². The van der Waals surface area contributed by atoms with Gasteiger partial charge in [-0.3, -0.25) is 9.78 Å². The molecule has 0 aliphatic heterocycles. The van der Waals surface area contributed by atoms with Crippen molar-refractivity contribution in [2.24, 2.45) is 5.10 Å². The normalized spacial score (nSPS) is 11.1. The first-order valence-electron chi connectivity index (χ1n) is 5.90. The number of aryl methyl sites for hydroxylation is 1. The molecule has 5 nitrogen and oxygen atoms in total. The summed E-state index contributed by atoms with van der Waals surface area (Å²) >= 11 is 18.0. The quantitative estimate of drug-likeness (QED) is 0.505. The van der Waals surface area contributed by atoms with Crippen LogP contribution in [0.2, 0.25) is 15.1 Å². The Bertz CT molecular complexity index is 771. The third kappa shape index (κ3) is 3.56. The highest BCUT2D eigenvalue weighted by Crippen LogP contribution is 2.29. The van der Waals surface area contributed by atoms with Crippen LogP contribution >= 0.6 is 34.8 Å². The van der Waals surface area contributed by atoms with E-state index >= 15 is 0 Å². The Hall–Kier alpha value is -1.56. The van der Waals surface area contributed by atoms with Crippen LogP contribution in [0.4, 0.5) is 5.95 Å². The number of hydrazone groups is 1. The van der Waals surface area contributed by atoms with Crippen LogP contribution in [0.1, 0.15) is 16.8 Å². The second-order valence-electron chi connectivity index (χ2n) is 4.25. The molecule has 110 valence electrons. The van der Waals surface area contributed by atoms with Gasteiger partial charge in [-0.15, -0.1) is 0 Å². The summed E-state index contributed by atoms with van der Waals surface area (Å²) < 4.78 is 0. The van der Waals surface area contributed by atoms with E-state index in [1.165, 1.54) is 6.21 Å². The van der Waals surface area contributed by atoms with Crippen LogP contribution in [-0.4, -0.2) is 16.2 Å². The predicted molar refractivity (Wildman–Crippen MR) is 87.0 cm³/mol. The monoisotopic (exact) mass is 344 g/mol. The smallest absolute Gasteiger partial charge is 0.255 e. The molecule has 0 aliphatic rings. The molecule has 0 bridgehead atoms. The van der Waals surface area contributed by atoms with Gasteiger partial charge >= 0.3 is 0 Å². The molecule has 2 N–H and O–H groups in total. The van der Waals surface area contributed by atoms with Crippen LogP contribution in [0, 0.1) is 13.8 Å².